The van der Waals surface area contributed by atoms with Crippen LogP contribution in [-0.2, 0) is 0 Å². The van der Waals surface area contributed by atoms with Crippen LogP contribution in [0.3, 0.4) is 0 Å². The predicted molar refractivity (Wildman–Crippen MR) is 57.8 cm³/mol. The van der Waals surface area contributed by atoms with E-state index in [9.17, 15) is 5.11 Å². The molecule has 0 fully saturated rings. The molecule has 0 bridgehead atoms. The topological polar surface area (TPSA) is 29.5 Å². The van der Waals surface area contributed by atoms with Gasteiger partial charge in [-0.05, 0) is 44.5 Å². The van der Waals surface area contributed by atoms with Gasteiger partial charge in [0, 0.05) is 6.07 Å². The smallest absolute Gasteiger partial charge is 0.123 e. The minimum Gasteiger partial charge on any atom is -0.508 e. The molecule has 1 aromatic rings. The van der Waals surface area contributed by atoms with Gasteiger partial charge in [-0.1, -0.05) is 5.57 Å². The van der Waals surface area contributed by atoms with Crippen molar-refractivity contribution in [3.63, 3.8) is 0 Å². The van der Waals surface area contributed by atoms with Crippen LogP contribution in [0.5, 0.6) is 11.5 Å². The second-order valence-electron chi connectivity index (χ2n) is 3.60. The summed E-state index contributed by atoms with van der Waals surface area (Å²) in [6.45, 7) is 6.52. The molecule has 1 aromatic carbocycles. The van der Waals surface area contributed by atoms with Crippen molar-refractivity contribution < 1.29 is 9.84 Å². The van der Waals surface area contributed by atoms with Crippen molar-refractivity contribution in [2.45, 2.75) is 20.8 Å². The van der Waals surface area contributed by atoms with Gasteiger partial charge < -0.3 is 9.84 Å². The Kier molecular flexibility index (Phi) is 3.57. The molecule has 0 saturated heterocycles. The Hall–Kier alpha value is -1.44. The number of benzene rings is 1. The number of phenolic OH excluding ortho intramolecular Hbond substituents is 1. The standard InChI is InChI=1S/C12H16O2/c1-9(2)4-5-14-12-7-10(3)6-11(13)8-12/h4,6-8,13H,5H2,1-3H3. The molecule has 2 nitrogen and oxygen atoms in total. The van der Waals surface area contributed by atoms with Gasteiger partial charge in [-0.15, -0.1) is 0 Å². The number of phenols is 1. The third kappa shape index (κ3) is 3.52. The van der Waals surface area contributed by atoms with E-state index in [1.807, 2.05) is 32.9 Å². The van der Waals surface area contributed by atoms with Crippen molar-refractivity contribution in [2.75, 3.05) is 6.61 Å². The predicted octanol–water partition coefficient (Wildman–Crippen LogP) is 3.05. The summed E-state index contributed by atoms with van der Waals surface area (Å²) in [5.74, 6) is 0.956. The minimum absolute atomic E-state index is 0.247. The number of hydrogen-bond acceptors (Lipinski definition) is 2. The Balaban J connectivity index is 2.63. The summed E-state index contributed by atoms with van der Waals surface area (Å²) in [7, 11) is 0. The molecule has 0 aliphatic carbocycles. The first-order chi connectivity index (χ1) is 6.58. The van der Waals surface area contributed by atoms with Crippen molar-refractivity contribution in [1.82, 2.24) is 0 Å². The first-order valence-corrected chi connectivity index (χ1v) is 4.65. The van der Waals surface area contributed by atoms with E-state index < -0.39 is 0 Å². The average molecular weight is 192 g/mol. The van der Waals surface area contributed by atoms with E-state index in [0.29, 0.717) is 12.4 Å². The molecule has 0 radical (unpaired) electrons. The van der Waals surface area contributed by atoms with E-state index in [1.54, 1.807) is 12.1 Å². The number of hydrogen-bond donors (Lipinski definition) is 1. The van der Waals surface area contributed by atoms with Gasteiger partial charge in [-0.25, -0.2) is 0 Å². The number of aryl methyl sites for hydroxylation is 1. The van der Waals surface area contributed by atoms with Crippen LogP contribution >= 0.6 is 0 Å². The van der Waals surface area contributed by atoms with E-state index in [-0.39, 0.29) is 5.75 Å². The molecule has 0 aliphatic heterocycles. The molecule has 1 rings (SSSR count). The summed E-state index contributed by atoms with van der Waals surface area (Å²) >= 11 is 0. The van der Waals surface area contributed by atoms with Crippen LogP contribution in [0, 0.1) is 6.92 Å². The highest BCUT2D eigenvalue weighted by Gasteiger charge is 1.96. The van der Waals surface area contributed by atoms with Gasteiger partial charge in [0.05, 0.1) is 0 Å². The number of aromatic hydroxyl groups is 1. The normalized spacial score (nSPS) is 9.64. The number of rotatable bonds is 3. The third-order valence-corrected chi connectivity index (χ3v) is 1.78. The molecular weight excluding hydrogens is 176 g/mol. The molecule has 0 amide bonds. The summed E-state index contributed by atoms with van der Waals surface area (Å²) < 4.78 is 5.44. The SMILES string of the molecule is CC(C)=CCOc1cc(C)cc(O)c1. The van der Waals surface area contributed by atoms with Crippen LogP contribution in [0.2, 0.25) is 0 Å². The summed E-state index contributed by atoms with van der Waals surface area (Å²) in [5, 5.41) is 9.31. The lowest BCUT2D eigenvalue weighted by Crippen LogP contribution is -1.94. The second kappa shape index (κ2) is 4.70. The van der Waals surface area contributed by atoms with Crippen LogP contribution in [0.15, 0.2) is 29.8 Å². The van der Waals surface area contributed by atoms with Crippen molar-refractivity contribution in [3.05, 3.63) is 35.4 Å². The van der Waals surface area contributed by atoms with Gasteiger partial charge in [-0.2, -0.15) is 0 Å². The van der Waals surface area contributed by atoms with Gasteiger partial charge in [0.15, 0.2) is 0 Å². The van der Waals surface area contributed by atoms with Crippen molar-refractivity contribution in [3.8, 4) is 11.5 Å². The lowest BCUT2D eigenvalue weighted by atomic mass is 10.2. The second-order valence-corrected chi connectivity index (χ2v) is 3.60. The van der Waals surface area contributed by atoms with Crippen molar-refractivity contribution >= 4 is 0 Å². The largest absolute Gasteiger partial charge is 0.508 e. The minimum atomic E-state index is 0.247. The molecule has 0 spiro atoms. The molecule has 0 atom stereocenters. The summed E-state index contributed by atoms with van der Waals surface area (Å²) in [5.41, 5.74) is 2.22. The zero-order chi connectivity index (χ0) is 10.6. The molecule has 0 saturated carbocycles. The fraction of sp³-hybridized carbons (Fsp3) is 0.333. The fourth-order valence-corrected chi connectivity index (χ4v) is 1.12. The maximum atomic E-state index is 9.31. The number of ether oxygens (including phenoxy) is 1. The quantitative estimate of drug-likeness (QED) is 0.746. The Bertz CT molecular complexity index is 316. The van der Waals surface area contributed by atoms with E-state index in [2.05, 4.69) is 0 Å². The van der Waals surface area contributed by atoms with Crippen LogP contribution in [0.25, 0.3) is 0 Å². The average Bonchev–Trinajstić information content (AvgIpc) is 2.01. The highest BCUT2D eigenvalue weighted by atomic mass is 16.5. The Morgan fingerprint density at radius 2 is 2.07 bits per heavy atom. The summed E-state index contributed by atoms with van der Waals surface area (Å²) in [4.78, 5) is 0. The first-order valence-electron chi connectivity index (χ1n) is 4.65. The zero-order valence-electron chi connectivity index (χ0n) is 8.87. The third-order valence-electron chi connectivity index (χ3n) is 1.78. The van der Waals surface area contributed by atoms with E-state index in [0.717, 1.165) is 5.56 Å². The Morgan fingerprint density at radius 3 is 2.64 bits per heavy atom. The van der Waals surface area contributed by atoms with E-state index in [4.69, 9.17) is 4.74 Å². The van der Waals surface area contributed by atoms with Gasteiger partial charge in [0.2, 0.25) is 0 Å². The summed E-state index contributed by atoms with van der Waals surface area (Å²) in [6.07, 6.45) is 2.00. The van der Waals surface area contributed by atoms with Crippen LogP contribution in [-0.4, -0.2) is 11.7 Å². The first kappa shape index (κ1) is 10.6. The zero-order valence-corrected chi connectivity index (χ0v) is 8.87. The van der Waals surface area contributed by atoms with Crippen LogP contribution < -0.4 is 4.74 Å². The lowest BCUT2D eigenvalue weighted by Gasteiger charge is -2.05. The Morgan fingerprint density at radius 1 is 1.36 bits per heavy atom. The van der Waals surface area contributed by atoms with Crippen molar-refractivity contribution in [1.29, 1.82) is 0 Å². The molecule has 2 heteroatoms. The highest BCUT2D eigenvalue weighted by Crippen LogP contribution is 2.21. The maximum absolute atomic E-state index is 9.31. The molecule has 14 heavy (non-hydrogen) atoms. The molecule has 1 N–H and O–H groups in total. The molecule has 0 aliphatic rings. The van der Waals surface area contributed by atoms with Gasteiger partial charge in [0.25, 0.3) is 0 Å². The molecule has 76 valence electrons. The molecule has 0 heterocycles. The van der Waals surface area contributed by atoms with Gasteiger partial charge in [-0.3, -0.25) is 0 Å². The Labute approximate surface area is 84.8 Å². The number of allylic oxidation sites excluding steroid dienone is 1. The molecule has 0 aromatic heterocycles. The van der Waals surface area contributed by atoms with Crippen molar-refractivity contribution in [2.24, 2.45) is 0 Å². The van der Waals surface area contributed by atoms with Gasteiger partial charge >= 0.3 is 0 Å². The van der Waals surface area contributed by atoms with Gasteiger partial charge in [0.1, 0.15) is 18.1 Å². The molecular formula is C12H16O2. The highest BCUT2D eigenvalue weighted by molar-refractivity contribution is 5.36. The van der Waals surface area contributed by atoms with E-state index in [1.165, 1.54) is 5.57 Å². The van der Waals surface area contributed by atoms with E-state index >= 15 is 0 Å². The van der Waals surface area contributed by atoms with Crippen LogP contribution in [0.4, 0.5) is 0 Å². The maximum Gasteiger partial charge on any atom is 0.123 e. The van der Waals surface area contributed by atoms with Crippen LogP contribution in [0.1, 0.15) is 19.4 Å². The monoisotopic (exact) mass is 192 g/mol. The lowest BCUT2D eigenvalue weighted by molar-refractivity contribution is 0.358. The summed E-state index contributed by atoms with van der Waals surface area (Å²) in [6, 6.07) is 5.22. The fourth-order valence-electron chi connectivity index (χ4n) is 1.12. The molecule has 0 unspecified atom stereocenters.